The summed E-state index contributed by atoms with van der Waals surface area (Å²) in [6, 6.07) is 0. The number of halogens is 3. The zero-order valence-electron chi connectivity index (χ0n) is 15.2. The fourth-order valence-corrected chi connectivity index (χ4v) is 2.74. The number of alkyl halides is 3. The van der Waals surface area contributed by atoms with E-state index in [0.29, 0.717) is 30.7 Å². The van der Waals surface area contributed by atoms with Crippen molar-refractivity contribution in [3.63, 3.8) is 0 Å². The second-order valence-electron chi connectivity index (χ2n) is 5.58. The first-order valence-electron chi connectivity index (χ1n) is 8.55. The molecule has 0 saturated heterocycles. The van der Waals surface area contributed by atoms with Crippen LogP contribution < -0.4 is 27.4 Å². The molecule has 0 radical (unpaired) electrons. The van der Waals surface area contributed by atoms with Gasteiger partial charge in [-0.05, 0) is 19.3 Å². The van der Waals surface area contributed by atoms with Gasteiger partial charge in [-0.15, -0.1) is 11.3 Å². The molecule has 0 saturated carbocycles. The average molecular weight is 419 g/mol. The van der Waals surface area contributed by atoms with Gasteiger partial charge >= 0.3 is 6.18 Å². The third kappa shape index (κ3) is 11.2. The van der Waals surface area contributed by atoms with Gasteiger partial charge < -0.3 is 22.1 Å². The zero-order valence-corrected chi connectivity index (χ0v) is 16.0. The van der Waals surface area contributed by atoms with Crippen LogP contribution in [0.1, 0.15) is 25.0 Å². The molecule has 1 heterocycles. The summed E-state index contributed by atoms with van der Waals surface area (Å²) in [7, 11) is 0. The van der Waals surface area contributed by atoms with Gasteiger partial charge in [0.05, 0.1) is 12.2 Å². The average Bonchev–Trinajstić information content (AvgIpc) is 3.07. The number of nitrogens with two attached hydrogens (primary N) is 2. The van der Waals surface area contributed by atoms with Gasteiger partial charge in [-0.25, -0.2) is 9.98 Å². The number of hydrogen-bond acceptors (Lipinski definition) is 6. The number of hydrogen-bond donors (Lipinski definition) is 5. The number of aromatic nitrogens is 1. The van der Waals surface area contributed by atoms with Gasteiger partial charge in [0, 0.05) is 18.5 Å². The second-order valence-corrected chi connectivity index (χ2v) is 6.44. The molecule has 156 valence electrons. The van der Waals surface area contributed by atoms with Crippen LogP contribution in [0.5, 0.6) is 0 Å². The van der Waals surface area contributed by atoms with E-state index in [2.05, 4.69) is 30.9 Å². The Morgan fingerprint density at radius 1 is 1.29 bits per heavy atom. The number of nitriles is 1. The molecule has 13 heteroatoms. The molecule has 1 aromatic heterocycles. The van der Waals surface area contributed by atoms with Crippen LogP contribution >= 0.6 is 11.3 Å². The SMILES string of the molecule is N#CN/C(=N/CCN)NCCCCCc1csc(N/C(N)=N\CC(F)(F)F)n1. The first-order chi connectivity index (χ1) is 13.3. The number of rotatable bonds is 10. The van der Waals surface area contributed by atoms with Crippen molar-refractivity contribution in [2.75, 3.05) is 31.5 Å². The highest BCUT2D eigenvalue weighted by Gasteiger charge is 2.26. The molecular weight excluding hydrogens is 395 g/mol. The fraction of sp³-hybridized carbons (Fsp3) is 0.600. The van der Waals surface area contributed by atoms with Gasteiger partial charge in [-0.3, -0.25) is 10.3 Å². The lowest BCUT2D eigenvalue weighted by atomic mass is 10.1. The minimum absolute atomic E-state index is 0.317. The van der Waals surface area contributed by atoms with Crippen LogP contribution in [-0.4, -0.2) is 49.3 Å². The van der Waals surface area contributed by atoms with Gasteiger partial charge in [0.25, 0.3) is 0 Å². The van der Waals surface area contributed by atoms with Crippen molar-refractivity contribution < 1.29 is 13.2 Å². The summed E-state index contributed by atoms with van der Waals surface area (Å²) in [6.07, 6.45) is 0.856. The first-order valence-corrected chi connectivity index (χ1v) is 9.43. The number of aliphatic imine (C=N–C) groups is 2. The summed E-state index contributed by atoms with van der Waals surface area (Å²) in [4.78, 5) is 11.6. The van der Waals surface area contributed by atoms with Crippen molar-refractivity contribution >= 4 is 28.4 Å². The lowest BCUT2D eigenvalue weighted by Gasteiger charge is -2.07. The van der Waals surface area contributed by atoms with Crippen molar-refractivity contribution in [2.24, 2.45) is 21.5 Å². The molecule has 0 atom stereocenters. The summed E-state index contributed by atoms with van der Waals surface area (Å²) in [5, 5.41) is 18.9. The molecule has 1 aromatic rings. The maximum atomic E-state index is 12.1. The molecule has 0 amide bonds. The zero-order chi connectivity index (χ0) is 20.8. The Morgan fingerprint density at radius 2 is 2.07 bits per heavy atom. The summed E-state index contributed by atoms with van der Waals surface area (Å²) in [6.45, 7) is 0.167. The maximum absolute atomic E-state index is 12.1. The Bertz CT molecular complexity index is 679. The third-order valence-corrected chi connectivity index (χ3v) is 4.00. The van der Waals surface area contributed by atoms with E-state index in [1.807, 2.05) is 11.6 Å². The standard InChI is InChI=1S/C15H24F3N9S/c16-15(17,18)9-24-12(21)27-14-26-11(8-28-14)4-2-1-3-6-22-13(25-10-20)23-7-5-19/h8H,1-7,9,19H2,(H2,22,23,25)(H3,21,24,26,27). The summed E-state index contributed by atoms with van der Waals surface area (Å²) >= 11 is 1.26. The summed E-state index contributed by atoms with van der Waals surface area (Å²) in [5.41, 5.74) is 11.6. The number of thiazole rings is 1. The number of unbranched alkanes of at least 4 members (excludes halogenated alkanes) is 2. The van der Waals surface area contributed by atoms with E-state index in [9.17, 15) is 13.2 Å². The molecule has 7 N–H and O–H groups in total. The van der Waals surface area contributed by atoms with E-state index in [4.69, 9.17) is 16.7 Å². The predicted molar refractivity (Wildman–Crippen MR) is 104 cm³/mol. The van der Waals surface area contributed by atoms with Crippen LogP contribution in [0.2, 0.25) is 0 Å². The van der Waals surface area contributed by atoms with E-state index in [0.717, 1.165) is 31.4 Å². The number of aryl methyl sites for hydroxylation is 1. The second kappa shape index (κ2) is 12.7. The Kier molecular flexibility index (Phi) is 10.7. The number of nitrogens with one attached hydrogen (secondary N) is 3. The number of anilines is 1. The molecular formula is C15H24F3N9S. The number of guanidine groups is 2. The van der Waals surface area contributed by atoms with E-state index in [-0.39, 0.29) is 5.96 Å². The van der Waals surface area contributed by atoms with Crippen molar-refractivity contribution in [2.45, 2.75) is 31.9 Å². The molecule has 0 aliphatic heterocycles. The molecule has 1 rings (SSSR count). The molecule has 9 nitrogen and oxygen atoms in total. The lowest BCUT2D eigenvalue weighted by Crippen LogP contribution is -2.35. The maximum Gasteiger partial charge on any atom is 0.408 e. The van der Waals surface area contributed by atoms with E-state index < -0.39 is 12.7 Å². The Balaban J connectivity index is 2.26. The highest BCUT2D eigenvalue weighted by atomic mass is 32.1. The van der Waals surface area contributed by atoms with E-state index >= 15 is 0 Å². The summed E-state index contributed by atoms with van der Waals surface area (Å²) in [5.74, 6) is 0.0929. The van der Waals surface area contributed by atoms with Crippen LogP contribution in [-0.2, 0) is 6.42 Å². The fourth-order valence-electron chi connectivity index (χ4n) is 1.99. The molecule has 0 spiro atoms. The normalized spacial score (nSPS) is 12.5. The molecule has 0 fully saturated rings. The van der Waals surface area contributed by atoms with Gasteiger partial charge in [0.1, 0.15) is 6.54 Å². The van der Waals surface area contributed by atoms with E-state index in [1.165, 1.54) is 11.3 Å². The molecule has 0 aliphatic carbocycles. The predicted octanol–water partition coefficient (Wildman–Crippen LogP) is 1.12. The minimum atomic E-state index is -4.39. The van der Waals surface area contributed by atoms with Crippen molar-refractivity contribution in [1.29, 1.82) is 5.26 Å². The van der Waals surface area contributed by atoms with Crippen molar-refractivity contribution in [3.05, 3.63) is 11.1 Å². The van der Waals surface area contributed by atoms with Gasteiger partial charge in [0.2, 0.25) is 5.96 Å². The van der Waals surface area contributed by atoms with Crippen LogP contribution in [0.3, 0.4) is 0 Å². The molecule has 0 aliphatic rings. The molecule has 0 unspecified atom stereocenters. The Labute approximate surface area is 165 Å². The van der Waals surface area contributed by atoms with E-state index in [1.54, 1.807) is 0 Å². The first kappa shape index (κ1) is 23.4. The van der Waals surface area contributed by atoms with Crippen molar-refractivity contribution in [1.82, 2.24) is 15.6 Å². The Morgan fingerprint density at radius 3 is 2.75 bits per heavy atom. The van der Waals surface area contributed by atoms with Gasteiger partial charge in [-0.2, -0.15) is 18.4 Å². The highest BCUT2D eigenvalue weighted by molar-refractivity contribution is 7.13. The Hall–Kier alpha value is -2.59. The van der Waals surface area contributed by atoms with Crippen LogP contribution in [0.15, 0.2) is 15.4 Å². The summed E-state index contributed by atoms with van der Waals surface area (Å²) < 4.78 is 36.3. The topological polar surface area (TPSA) is 150 Å². The monoisotopic (exact) mass is 419 g/mol. The smallest absolute Gasteiger partial charge is 0.370 e. The quantitative estimate of drug-likeness (QED) is 0.125. The van der Waals surface area contributed by atoms with Crippen LogP contribution in [0, 0.1) is 11.5 Å². The van der Waals surface area contributed by atoms with Gasteiger partial charge in [0.15, 0.2) is 17.3 Å². The molecule has 0 bridgehead atoms. The lowest BCUT2D eigenvalue weighted by molar-refractivity contribution is -0.118. The van der Waals surface area contributed by atoms with Crippen molar-refractivity contribution in [3.8, 4) is 6.19 Å². The minimum Gasteiger partial charge on any atom is -0.370 e. The largest absolute Gasteiger partial charge is 0.408 e. The molecule has 28 heavy (non-hydrogen) atoms. The van der Waals surface area contributed by atoms with Crippen LogP contribution in [0.4, 0.5) is 18.3 Å². The highest BCUT2D eigenvalue weighted by Crippen LogP contribution is 2.18. The molecule has 0 aromatic carbocycles. The van der Waals surface area contributed by atoms with Gasteiger partial charge in [-0.1, -0.05) is 6.42 Å². The van der Waals surface area contributed by atoms with Crippen LogP contribution in [0.25, 0.3) is 0 Å². The number of nitrogens with zero attached hydrogens (tertiary/aromatic N) is 4. The third-order valence-electron chi connectivity index (χ3n) is 3.19.